The van der Waals surface area contributed by atoms with Crippen molar-refractivity contribution in [2.24, 2.45) is 53.1 Å². The van der Waals surface area contributed by atoms with E-state index in [1.165, 1.54) is 19.3 Å². The second kappa shape index (κ2) is 3.60. The van der Waals surface area contributed by atoms with Gasteiger partial charge in [0.2, 0.25) is 0 Å². The molecule has 2 N–H and O–H groups in total. The summed E-state index contributed by atoms with van der Waals surface area (Å²) in [7, 11) is 0. The minimum absolute atomic E-state index is 0.908. The number of nitrogens with two attached hydrogens (primary N) is 1. The minimum atomic E-state index is 0.908. The summed E-state index contributed by atoms with van der Waals surface area (Å²) in [6.45, 7) is 3.32. The molecule has 8 atom stereocenters. The van der Waals surface area contributed by atoms with E-state index in [9.17, 15) is 0 Å². The van der Waals surface area contributed by atoms with E-state index >= 15 is 0 Å². The molecule has 1 heteroatoms. The Bertz CT molecular complexity index is 347. The number of rotatable bonds is 3. The molecule has 8 unspecified atom stereocenters. The van der Waals surface area contributed by atoms with Crippen LogP contribution in [0.2, 0.25) is 0 Å². The number of fused-ring (bicyclic) bond motifs is 9. The zero-order chi connectivity index (χ0) is 11.6. The Kier molecular flexibility index (Phi) is 2.25. The van der Waals surface area contributed by atoms with Gasteiger partial charge >= 0.3 is 0 Å². The van der Waals surface area contributed by atoms with Crippen LogP contribution in [0.15, 0.2) is 12.2 Å². The molecular weight excluding hydrogens is 206 g/mol. The summed E-state index contributed by atoms with van der Waals surface area (Å²) in [5, 5.41) is 0. The van der Waals surface area contributed by atoms with Gasteiger partial charge in [-0.2, -0.15) is 0 Å². The standard InChI is InChI=1S/C16H25N/c1-2-11-12(5-6-17)14-8-13(11)15-9-3-4-10(7-9)16(14)15/h3-4,9-16H,2,5-8,17H2,1H3. The van der Waals surface area contributed by atoms with Crippen molar-refractivity contribution in [2.45, 2.75) is 32.6 Å². The lowest BCUT2D eigenvalue weighted by molar-refractivity contribution is 0.0814. The molecule has 0 aromatic rings. The van der Waals surface area contributed by atoms with Crippen LogP contribution in [0.25, 0.3) is 0 Å². The molecule has 0 aromatic carbocycles. The van der Waals surface area contributed by atoms with E-state index in [2.05, 4.69) is 19.1 Å². The van der Waals surface area contributed by atoms with Gasteiger partial charge in [0.05, 0.1) is 0 Å². The Morgan fingerprint density at radius 2 is 1.65 bits per heavy atom. The van der Waals surface area contributed by atoms with Crippen molar-refractivity contribution in [3.05, 3.63) is 12.2 Å². The van der Waals surface area contributed by atoms with Crippen molar-refractivity contribution < 1.29 is 0 Å². The zero-order valence-electron chi connectivity index (χ0n) is 10.9. The molecule has 1 nitrogen and oxygen atoms in total. The molecule has 17 heavy (non-hydrogen) atoms. The monoisotopic (exact) mass is 231 g/mol. The highest BCUT2D eigenvalue weighted by molar-refractivity contribution is 5.21. The van der Waals surface area contributed by atoms with Crippen LogP contribution in [0.4, 0.5) is 0 Å². The van der Waals surface area contributed by atoms with E-state index < -0.39 is 0 Å². The van der Waals surface area contributed by atoms with E-state index in [-0.39, 0.29) is 0 Å². The molecule has 0 heterocycles. The predicted octanol–water partition coefficient (Wildman–Crippen LogP) is 3.07. The molecule has 0 amide bonds. The van der Waals surface area contributed by atoms with E-state index in [1.54, 1.807) is 6.42 Å². The van der Waals surface area contributed by atoms with Crippen molar-refractivity contribution in [2.75, 3.05) is 6.54 Å². The van der Waals surface area contributed by atoms with Crippen LogP contribution in [0, 0.1) is 47.3 Å². The fraction of sp³-hybridized carbons (Fsp3) is 0.875. The molecule has 3 saturated carbocycles. The summed E-state index contributed by atoms with van der Waals surface area (Å²) in [6, 6.07) is 0. The number of hydrogen-bond acceptors (Lipinski definition) is 1. The topological polar surface area (TPSA) is 26.0 Å². The summed E-state index contributed by atoms with van der Waals surface area (Å²) in [5.74, 6) is 8.15. The SMILES string of the molecule is CCC1C(CCN)C2CC1C1C3C=CC(C3)C21. The Morgan fingerprint density at radius 1 is 1.00 bits per heavy atom. The molecule has 0 saturated heterocycles. The summed E-state index contributed by atoms with van der Waals surface area (Å²) in [4.78, 5) is 0. The highest BCUT2D eigenvalue weighted by atomic mass is 14.7. The molecule has 0 radical (unpaired) electrons. The highest BCUT2D eigenvalue weighted by Gasteiger charge is 2.63. The second-order valence-electron chi connectivity index (χ2n) is 6.98. The summed E-state index contributed by atoms with van der Waals surface area (Å²) >= 11 is 0. The Balaban J connectivity index is 1.66. The first-order valence-corrected chi connectivity index (χ1v) is 7.73. The van der Waals surface area contributed by atoms with Gasteiger partial charge in [0.1, 0.15) is 0 Å². The van der Waals surface area contributed by atoms with Crippen molar-refractivity contribution in [1.82, 2.24) is 0 Å². The lowest BCUT2D eigenvalue weighted by Crippen LogP contribution is -2.37. The van der Waals surface area contributed by atoms with E-state index in [4.69, 9.17) is 5.73 Å². The van der Waals surface area contributed by atoms with Crippen LogP contribution in [-0.2, 0) is 0 Å². The molecule has 0 spiro atoms. The summed E-state index contributed by atoms with van der Waals surface area (Å²) < 4.78 is 0. The molecule has 3 fully saturated rings. The first-order chi connectivity index (χ1) is 8.35. The van der Waals surface area contributed by atoms with Gasteiger partial charge in [0.25, 0.3) is 0 Å². The Labute approximate surface area is 105 Å². The van der Waals surface area contributed by atoms with Gasteiger partial charge < -0.3 is 5.73 Å². The fourth-order valence-corrected chi connectivity index (χ4v) is 6.51. The van der Waals surface area contributed by atoms with E-state index in [0.29, 0.717) is 0 Å². The number of allylic oxidation sites excluding steroid dienone is 2. The second-order valence-corrected chi connectivity index (χ2v) is 6.98. The van der Waals surface area contributed by atoms with Gasteiger partial charge in [-0.15, -0.1) is 0 Å². The van der Waals surface area contributed by atoms with Gasteiger partial charge in [0, 0.05) is 0 Å². The van der Waals surface area contributed by atoms with Crippen LogP contribution in [-0.4, -0.2) is 6.54 Å². The first-order valence-electron chi connectivity index (χ1n) is 7.73. The average Bonchev–Trinajstić information content (AvgIpc) is 3.06. The lowest BCUT2D eigenvalue weighted by atomic mass is 9.63. The third-order valence-electron chi connectivity index (χ3n) is 6.74. The first kappa shape index (κ1) is 10.6. The lowest BCUT2D eigenvalue weighted by Gasteiger charge is -2.41. The van der Waals surface area contributed by atoms with Gasteiger partial charge in [-0.25, -0.2) is 0 Å². The fourth-order valence-electron chi connectivity index (χ4n) is 6.51. The van der Waals surface area contributed by atoms with E-state index in [0.717, 1.165) is 53.9 Å². The maximum Gasteiger partial charge on any atom is -0.00744 e. The molecule has 4 aliphatic rings. The van der Waals surface area contributed by atoms with Gasteiger partial charge in [-0.05, 0) is 73.2 Å². The molecule has 94 valence electrons. The van der Waals surface area contributed by atoms with Crippen LogP contribution in [0.3, 0.4) is 0 Å². The van der Waals surface area contributed by atoms with Crippen LogP contribution in [0.5, 0.6) is 0 Å². The molecule has 0 aliphatic heterocycles. The summed E-state index contributed by atoms with van der Waals surface area (Å²) in [6.07, 6.45) is 10.8. The van der Waals surface area contributed by atoms with Crippen molar-refractivity contribution in [3.63, 3.8) is 0 Å². The van der Waals surface area contributed by atoms with Crippen molar-refractivity contribution in [3.8, 4) is 0 Å². The van der Waals surface area contributed by atoms with Crippen LogP contribution >= 0.6 is 0 Å². The number of hydrogen-bond donors (Lipinski definition) is 1. The molecular formula is C16H25N. The molecule has 4 bridgehead atoms. The molecule has 4 rings (SSSR count). The Hall–Kier alpha value is -0.300. The zero-order valence-corrected chi connectivity index (χ0v) is 10.9. The maximum absolute atomic E-state index is 5.86. The normalized spacial score (nSPS) is 58.0. The molecule has 0 aromatic heterocycles. The third kappa shape index (κ3) is 1.19. The predicted molar refractivity (Wildman–Crippen MR) is 70.3 cm³/mol. The highest BCUT2D eigenvalue weighted by Crippen LogP contribution is 2.69. The quantitative estimate of drug-likeness (QED) is 0.586. The van der Waals surface area contributed by atoms with Gasteiger partial charge in [-0.1, -0.05) is 25.5 Å². The summed E-state index contributed by atoms with van der Waals surface area (Å²) in [5.41, 5.74) is 5.86. The van der Waals surface area contributed by atoms with Crippen LogP contribution < -0.4 is 5.73 Å². The largest absolute Gasteiger partial charge is 0.330 e. The van der Waals surface area contributed by atoms with Crippen molar-refractivity contribution >= 4 is 0 Å². The maximum atomic E-state index is 5.86. The van der Waals surface area contributed by atoms with Gasteiger partial charge in [-0.3, -0.25) is 0 Å². The third-order valence-corrected chi connectivity index (χ3v) is 6.74. The van der Waals surface area contributed by atoms with Crippen molar-refractivity contribution in [1.29, 1.82) is 0 Å². The smallest absolute Gasteiger partial charge is 0.00744 e. The Morgan fingerprint density at radius 3 is 2.24 bits per heavy atom. The van der Waals surface area contributed by atoms with Gasteiger partial charge in [0.15, 0.2) is 0 Å². The minimum Gasteiger partial charge on any atom is -0.330 e. The van der Waals surface area contributed by atoms with E-state index in [1.807, 2.05) is 0 Å². The average molecular weight is 231 g/mol. The van der Waals surface area contributed by atoms with Crippen LogP contribution in [0.1, 0.15) is 32.6 Å². The molecule has 4 aliphatic carbocycles.